The molecule has 1 N–H and O–H groups in total. The second kappa shape index (κ2) is 11.9. The third-order valence-electron chi connectivity index (χ3n) is 4.82. The Morgan fingerprint density at radius 3 is 2.43 bits per heavy atom. The highest BCUT2D eigenvalue weighted by molar-refractivity contribution is 5.87. The third kappa shape index (κ3) is 7.10. The van der Waals surface area contributed by atoms with Crippen molar-refractivity contribution in [2.45, 2.75) is 46.2 Å². The molecule has 2 rings (SSSR count). The van der Waals surface area contributed by atoms with Crippen LogP contribution in [-0.4, -0.2) is 43.0 Å². The fourth-order valence-electron chi connectivity index (χ4n) is 3.14. The van der Waals surface area contributed by atoms with Crippen LogP contribution >= 0.6 is 0 Å². The number of aryl methyl sites for hydroxylation is 1. The van der Waals surface area contributed by atoms with E-state index in [1.165, 1.54) is 0 Å². The van der Waals surface area contributed by atoms with Crippen molar-refractivity contribution in [1.82, 2.24) is 10.2 Å². The first kappa shape index (κ1) is 23.3. The molecule has 0 saturated carbocycles. The smallest absolute Gasteiger partial charge is 0.242 e. The van der Waals surface area contributed by atoms with Crippen molar-refractivity contribution >= 4 is 11.8 Å². The van der Waals surface area contributed by atoms with Crippen molar-refractivity contribution in [2.75, 3.05) is 20.3 Å². The minimum atomic E-state index is -0.541. The van der Waals surface area contributed by atoms with E-state index < -0.39 is 6.04 Å². The lowest BCUT2D eigenvalue weighted by Gasteiger charge is -2.29. The van der Waals surface area contributed by atoms with E-state index in [-0.39, 0.29) is 11.8 Å². The summed E-state index contributed by atoms with van der Waals surface area (Å²) in [5, 5.41) is 2.81. The van der Waals surface area contributed by atoms with E-state index in [2.05, 4.69) is 5.32 Å². The Hall–Kier alpha value is -3.02. The van der Waals surface area contributed by atoms with Crippen molar-refractivity contribution < 1.29 is 19.1 Å². The van der Waals surface area contributed by atoms with Crippen molar-refractivity contribution in [3.05, 3.63) is 59.7 Å². The molecule has 0 fully saturated rings. The van der Waals surface area contributed by atoms with Crippen molar-refractivity contribution in [3.8, 4) is 11.5 Å². The highest BCUT2D eigenvalue weighted by Gasteiger charge is 2.25. The van der Waals surface area contributed by atoms with Gasteiger partial charge < -0.3 is 19.7 Å². The van der Waals surface area contributed by atoms with Gasteiger partial charge in [-0.25, -0.2) is 0 Å². The SMILES string of the molecule is CCNC(=O)[C@H](C)N(Cc1cccc(C)c1)C(=O)CCCOc1ccc(OC)cc1. The molecule has 0 aliphatic heterocycles. The van der Waals surface area contributed by atoms with Crippen LogP contribution in [0.5, 0.6) is 11.5 Å². The summed E-state index contributed by atoms with van der Waals surface area (Å²) in [7, 11) is 1.62. The van der Waals surface area contributed by atoms with Crippen molar-refractivity contribution in [3.63, 3.8) is 0 Å². The number of rotatable bonds is 11. The van der Waals surface area contributed by atoms with Gasteiger partial charge in [0.1, 0.15) is 17.5 Å². The molecule has 0 aromatic heterocycles. The van der Waals surface area contributed by atoms with Crippen LogP contribution in [0.2, 0.25) is 0 Å². The van der Waals surface area contributed by atoms with Crippen molar-refractivity contribution in [2.24, 2.45) is 0 Å². The van der Waals surface area contributed by atoms with Gasteiger partial charge in [-0.15, -0.1) is 0 Å². The van der Waals surface area contributed by atoms with Crippen LogP contribution in [0, 0.1) is 6.92 Å². The van der Waals surface area contributed by atoms with E-state index in [4.69, 9.17) is 9.47 Å². The summed E-state index contributed by atoms with van der Waals surface area (Å²) >= 11 is 0. The highest BCUT2D eigenvalue weighted by atomic mass is 16.5. The van der Waals surface area contributed by atoms with Crippen LogP contribution in [0.15, 0.2) is 48.5 Å². The van der Waals surface area contributed by atoms with Crippen LogP contribution < -0.4 is 14.8 Å². The molecule has 1 atom stereocenters. The van der Waals surface area contributed by atoms with E-state index in [0.29, 0.717) is 32.5 Å². The Labute approximate surface area is 179 Å². The van der Waals surface area contributed by atoms with Gasteiger partial charge in [0, 0.05) is 19.5 Å². The maximum Gasteiger partial charge on any atom is 0.242 e. The van der Waals surface area contributed by atoms with Gasteiger partial charge in [0.2, 0.25) is 11.8 Å². The van der Waals surface area contributed by atoms with E-state index in [1.807, 2.05) is 62.4 Å². The monoisotopic (exact) mass is 412 g/mol. The molecule has 0 aliphatic rings. The first-order valence-electron chi connectivity index (χ1n) is 10.3. The molecular formula is C24H32N2O4. The summed E-state index contributed by atoms with van der Waals surface area (Å²) in [4.78, 5) is 27.0. The number of carbonyl (C=O) groups excluding carboxylic acids is 2. The van der Waals surface area contributed by atoms with E-state index in [1.54, 1.807) is 18.9 Å². The summed E-state index contributed by atoms with van der Waals surface area (Å²) in [6.07, 6.45) is 0.878. The molecular weight excluding hydrogens is 380 g/mol. The van der Waals surface area contributed by atoms with Gasteiger partial charge in [-0.3, -0.25) is 9.59 Å². The second-order valence-corrected chi connectivity index (χ2v) is 7.21. The molecule has 2 amide bonds. The standard InChI is InChI=1S/C24H32N2O4/c1-5-25-24(28)19(3)26(17-20-9-6-8-18(2)16-20)23(27)10-7-15-30-22-13-11-21(29-4)12-14-22/h6,8-9,11-14,16,19H,5,7,10,15,17H2,1-4H3,(H,25,28)/t19-/m0/s1. The number of hydrogen-bond donors (Lipinski definition) is 1. The Kier molecular flexibility index (Phi) is 9.19. The molecule has 6 heteroatoms. The Morgan fingerprint density at radius 1 is 1.10 bits per heavy atom. The maximum atomic E-state index is 13.0. The second-order valence-electron chi connectivity index (χ2n) is 7.21. The van der Waals surface area contributed by atoms with Gasteiger partial charge in [-0.05, 0) is 57.0 Å². The molecule has 0 heterocycles. The van der Waals surface area contributed by atoms with Crippen LogP contribution in [0.3, 0.4) is 0 Å². The lowest BCUT2D eigenvalue weighted by Crippen LogP contribution is -2.47. The number of nitrogens with zero attached hydrogens (tertiary/aromatic N) is 1. The van der Waals surface area contributed by atoms with Gasteiger partial charge >= 0.3 is 0 Å². The maximum absolute atomic E-state index is 13.0. The fraction of sp³-hybridized carbons (Fsp3) is 0.417. The number of ether oxygens (including phenoxy) is 2. The number of carbonyl (C=O) groups is 2. The molecule has 0 bridgehead atoms. The molecule has 162 valence electrons. The fourth-order valence-corrected chi connectivity index (χ4v) is 3.14. The minimum Gasteiger partial charge on any atom is -0.497 e. The topological polar surface area (TPSA) is 67.9 Å². The molecule has 0 radical (unpaired) electrons. The minimum absolute atomic E-state index is 0.0615. The summed E-state index contributed by atoms with van der Waals surface area (Å²) in [6.45, 7) is 7.01. The number of methoxy groups -OCH3 is 1. The van der Waals surface area contributed by atoms with Gasteiger partial charge in [-0.1, -0.05) is 29.8 Å². The number of hydrogen-bond acceptors (Lipinski definition) is 4. The molecule has 2 aromatic carbocycles. The van der Waals surface area contributed by atoms with Gasteiger partial charge in [-0.2, -0.15) is 0 Å². The summed E-state index contributed by atoms with van der Waals surface area (Å²) in [6, 6.07) is 14.8. The molecule has 0 saturated heterocycles. The molecule has 30 heavy (non-hydrogen) atoms. The number of likely N-dealkylation sites (N-methyl/N-ethyl adjacent to an activating group) is 1. The first-order valence-corrected chi connectivity index (χ1v) is 10.3. The molecule has 0 aliphatic carbocycles. The average Bonchev–Trinajstić information content (AvgIpc) is 2.75. The first-order chi connectivity index (χ1) is 14.4. The van der Waals surface area contributed by atoms with E-state index in [0.717, 1.165) is 22.6 Å². The van der Waals surface area contributed by atoms with Gasteiger partial charge in [0.25, 0.3) is 0 Å². The summed E-state index contributed by atoms with van der Waals surface area (Å²) in [5.74, 6) is 1.29. The van der Waals surface area contributed by atoms with E-state index >= 15 is 0 Å². The van der Waals surface area contributed by atoms with Gasteiger partial charge in [0.15, 0.2) is 0 Å². The zero-order valence-electron chi connectivity index (χ0n) is 18.3. The highest BCUT2D eigenvalue weighted by Crippen LogP contribution is 2.18. The lowest BCUT2D eigenvalue weighted by molar-refractivity contribution is -0.140. The predicted molar refractivity (Wildman–Crippen MR) is 118 cm³/mol. The van der Waals surface area contributed by atoms with Crippen LogP contribution in [-0.2, 0) is 16.1 Å². The molecule has 2 aromatic rings. The Balaban J connectivity index is 1.95. The zero-order chi connectivity index (χ0) is 21.9. The largest absolute Gasteiger partial charge is 0.497 e. The molecule has 0 spiro atoms. The summed E-state index contributed by atoms with van der Waals surface area (Å²) in [5.41, 5.74) is 2.13. The third-order valence-corrected chi connectivity index (χ3v) is 4.82. The Morgan fingerprint density at radius 2 is 1.80 bits per heavy atom. The summed E-state index contributed by atoms with van der Waals surface area (Å²) < 4.78 is 10.8. The number of amides is 2. The zero-order valence-corrected chi connectivity index (χ0v) is 18.3. The van der Waals surface area contributed by atoms with Crippen LogP contribution in [0.25, 0.3) is 0 Å². The van der Waals surface area contributed by atoms with Crippen molar-refractivity contribution in [1.29, 1.82) is 0 Å². The van der Waals surface area contributed by atoms with Crippen LogP contribution in [0.4, 0.5) is 0 Å². The van der Waals surface area contributed by atoms with Crippen LogP contribution in [0.1, 0.15) is 37.8 Å². The normalized spacial score (nSPS) is 11.5. The number of benzene rings is 2. The number of nitrogens with one attached hydrogen (secondary N) is 1. The Bertz CT molecular complexity index is 820. The molecule has 6 nitrogen and oxygen atoms in total. The lowest BCUT2D eigenvalue weighted by atomic mass is 10.1. The molecule has 0 unspecified atom stereocenters. The quantitative estimate of drug-likeness (QED) is 0.571. The average molecular weight is 413 g/mol. The predicted octanol–water partition coefficient (Wildman–Crippen LogP) is 3.72. The van der Waals surface area contributed by atoms with E-state index in [9.17, 15) is 9.59 Å². The van der Waals surface area contributed by atoms with Gasteiger partial charge in [0.05, 0.1) is 13.7 Å².